The zero-order valence-electron chi connectivity index (χ0n) is 17.6. The summed E-state index contributed by atoms with van der Waals surface area (Å²) in [6.07, 6.45) is 19.1. The smallest absolute Gasteiger partial charge is 0.219 e. The second-order valence-electron chi connectivity index (χ2n) is 9.26. The number of amides is 1. The van der Waals surface area contributed by atoms with E-state index in [1.165, 1.54) is 0 Å². The first kappa shape index (κ1) is 20.5. The number of unbranched alkanes of at least 4 members (excludes halogenated alkanes) is 1. The Labute approximate surface area is 173 Å². The molecule has 3 unspecified atom stereocenters. The Morgan fingerprint density at radius 3 is 2.86 bits per heavy atom. The van der Waals surface area contributed by atoms with Crippen LogP contribution in [0.3, 0.4) is 0 Å². The van der Waals surface area contributed by atoms with Gasteiger partial charge in [-0.25, -0.2) is 0 Å². The molecule has 0 radical (unpaired) electrons. The Hall–Kier alpha value is -1.72. The van der Waals surface area contributed by atoms with Gasteiger partial charge in [-0.15, -0.1) is 0 Å². The average Bonchev–Trinajstić information content (AvgIpc) is 3.37. The van der Waals surface area contributed by atoms with Crippen molar-refractivity contribution in [3.63, 3.8) is 0 Å². The molecule has 1 spiro atoms. The van der Waals surface area contributed by atoms with E-state index in [4.69, 9.17) is 9.47 Å². The van der Waals surface area contributed by atoms with Crippen molar-refractivity contribution in [1.29, 1.82) is 0 Å². The molecule has 0 aromatic carbocycles. The van der Waals surface area contributed by atoms with Gasteiger partial charge < -0.3 is 14.8 Å². The molecule has 158 valence electrons. The third-order valence-corrected chi connectivity index (χ3v) is 7.39. The van der Waals surface area contributed by atoms with Crippen LogP contribution in [0.5, 0.6) is 0 Å². The molecule has 5 aliphatic rings. The van der Waals surface area contributed by atoms with Crippen molar-refractivity contribution in [3.8, 4) is 0 Å². The van der Waals surface area contributed by atoms with Crippen LogP contribution >= 0.6 is 0 Å². The maximum absolute atomic E-state index is 12.3. The Bertz CT molecular complexity index is 738. The highest BCUT2D eigenvalue weighted by atomic mass is 16.5. The van der Waals surface area contributed by atoms with Crippen molar-refractivity contribution in [2.24, 2.45) is 11.3 Å². The van der Waals surface area contributed by atoms with Crippen LogP contribution in [0, 0.1) is 11.3 Å². The van der Waals surface area contributed by atoms with E-state index in [9.17, 15) is 9.59 Å². The number of methoxy groups -OCH3 is 1. The Balaban J connectivity index is 1.24. The number of ketones is 1. The number of nitrogens with one attached hydrogen (secondary N) is 1. The second-order valence-corrected chi connectivity index (χ2v) is 9.26. The fourth-order valence-corrected chi connectivity index (χ4v) is 5.89. The molecule has 1 aliphatic heterocycles. The summed E-state index contributed by atoms with van der Waals surface area (Å²) in [5.74, 6) is 0.392. The molecule has 3 saturated carbocycles. The van der Waals surface area contributed by atoms with Gasteiger partial charge in [0.05, 0.1) is 17.8 Å². The molecule has 3 atom stereocenters. The van der Waals surface area contributed by atoms with Gasteiger partial charge in [0.1, 0.15) is 0 Å². The topological polar surface area (TPSA) is 64.6 Å². The summed E-state index contributed by atoms with van der Waals surface area (Å²) in [6, 6.07) is 0. The molecule has 1 saturated heterocycles. The lowest BCUT2D eigenvalue weighted by molar-refractivity contribution is -0.120. The molecular weight excluding hydrogens is 366 g/mol. The molecule has 1 N–H and O–H groups in total. The first-order valence-electron chi connectivity index (χ1n) is 11.0. The monoisotopic (exact) mass is 399 g/mol. The Morgan fingerprint density at radius 2 is 2.14 bits per heavy atom. The Kier molecular flexibility index (Phi) is 5.80. The van der Waals surface area contributed by atoms with Crippen LogP contribution in [0.2, 0.25) is 0 Å². The van der Waals surface area contributed by atoms with Gasteiger partial charge in [0, 0.05) is 43.9 Å². The highest BCUT2D eigenvalue weighted by molar-refractivity contribution is 6.07. The lowest BCUT2D eigenvalue weighted by atomic mass is 9.64. The van der Waals surface area contributed by atoms with Crippen molar-refractivity contribution in [2.45, 2.75) is 75.6 Å². The van der Waals surface area contributed by atoms with Gasteiger partial charge >= 0.3 is 0 Å². The molecule has 2 bridgehead atoms. The minimum absolute atomic E-state index is 0.0839. The predicted octanol–water partition coefficient (Wildman–Crippen LogP) is 3.65. The third-order valence-electron chi connectivity index (χ3n) is 7.39. The van der Waals surface area contributed by atoms with E-state index in [2.05, 4.69) is 23.5 Å². The highest BCUT2D eigenvalue weighted by Crippen LogP contribution is 2.69. The van der Waals surface area contributed by atoms with Crippen LogP contribution in [0.25, 0.3) is 0 Å². The molecule has 1 heterocycles. The van der Waals surface area contributed by atoms with Crippen molar-refractivity contribution in [2.75, 3.05) is 14.2 Å². The zero-order chi connectivity index (χ0) is 20.5. The fraction of sp³-hybridized carbons (Fsp3) is 0.667. The van der Waals surface area contributed by atoms with Crippen LogP contribution in [0.4, 0.5) is 0 Å². The molecule has 5 heteroatoms. The van der Waals surface area contributed by atoms with E-state index >= 15 is 0 Å². The van der Waals surface area contributed by atoms with Crippen LogP contribution in [0.1, 0.15) is 57.8 Å². The second kappa shape index (κ2) is 8.19. The molecular formula is C24H33NO4. The van der Waals surface area contributed by atoms with E-state index in [-0.39, 0.29) is 29.3 Å². The minimum atomic E-state index is 0.0839. The molecule has 4 fully saturated rings. The van der Waals surface area contributed by atoms with E-state index in [0.29, 0.717) is 17.9 Å². The minimum Gasteiger partial charge on any atom is -0.378 e. The summed E-state index contributed by atoms with van der Waals surface area (Å²) in [7, 11) is 3.49. The van der Waals surface area contributed by atoms with E-state index in [0.717, 1.165) is 56.9 Å². The lowest BCUT2D eigenvalue weighted by Crippen LogP contribution is -2.45. The van der Waals surface area contributed by atoms with Gasteiger partial charge in [-0.1, -0.05) is 24.3 Å². The summed E-state index contributed by atoms with van der Waals surface area (Å²) in [5, 5.41) is 2.64. The molecule has 5 nitrogen and oxygen atoms in total. The number of allylic oxidation sites excluding steroid dienone is 5. The first-order chi connectivity index (χ1) is 14.0. The number of ether oxygens (including phenoxy) is 2. The van der Waals surface area contributed by atoms with Crippen LogP contribution in [-0.4, -0.2) is 43.7 Å². The lowest BCUT2D eigenvalue weighted by Gasteiger charge is -2.45. The normalized spacial score (nSPS) is 38.8. The molecule has 4 aliphatic carbocycles. The predicted molar refractivity (Wildman–Crippen MR) is 111 cm³/mol. The molecule has 1 amide bonds. The van der Waals surface area contributed by atoms with Crippen LogP contribution in [-0.2, 0) is 19.1 Å². The number of carbonyl (C=O) groups is 2. The maximum Gasteiger partial charge on any atom is 0.219 e. The van der Waals surface area contributed by atoms with E-state index < -0.39 is 0 Å². The van der Waals surface area contributed by atoms with Gasteiger partial charge in [0.2, 0.25) is 5.91 Å². The summed E-state index contributed by atoms with van der Waals surface area (Å²) in [6.45, 7) is 0. The summed E-state index contributed by atoms with van der Waals surface area (Å²) in [4.78, 5) is 23.5. The third kappa shape index (κ3) is 3.99. The zero-order valence-corrected chi connectivity index (χ0v) is 17.6. The SMILES string of the molecule is CNC(=O)CCCC=CCC1C=CC(=O)C1=CCC1CC23CC(OC)(CC2O1)C3. The number of hydrogen-bond acceptors (Lipinski definition) is 4. The molecule has 0 aromatic heterocycles. The standard InChI is InChI=1S/C24H33NO4/c1-25-22(27)8-6-4-3-5-7-17-9-12-20(26)19(17)11-10-18-13-23-15-24(16-23,28-2)14-21(23)29-18/h3,5,9,11-12,17-18,21H,4,6-8,10,13-16H2,1-2H3,(H,25,27). The summed E-state index contributed by atoms with van der Waals surface area (Å²) in [5.41, 5.74) is 1.35. The van der Waals surface area contributed by atoms with Crippen molar-refractivity contribution < 1.29 is 19.1 Å². The van der Waals surface area contributed by atoms with Crippen LogP contribution in [0.15, 0.2) is 36.0 Å². The van der Waals surface area contributed by atoms with E-state index in [1.807, 2.05) is 13.2 Å². The van der Waals surface area contributed by atoms with Crippen molar-refractivity contribution in [1.82, 2.24) is 5.32 Å². The van der Waals surface area contributed by atoms with Crippen LogP contribution < -0.4 is 5.32 Å². The van der Waals surface area contributed by atoms with E-state index in [1.54, 1.807) is 13.1 Å². The molecule has 0 aromatic rings. The largest absolute Gasteiger partial charge is 0.378 e. The first-order valence-corrected chi connectivity index (χ1v) is 11.0. The Morgan fingerprint density at radius 1 is 1.31 bits per heavy atom. The summed E-state index contributed by atoms with van der Waals surface area (Å²) < 4.78 is 12.0. The molecule has 5 rings (SSSR count). The molecule has 29 heavy (non-hydrogen) atoms. The van der Waals surface area contributed by atoms with Gasteiger partial charge in [0.25, 0.3) is 0 Å². The number of carbonyl (C=O) groups excluding carboxylic acids is 2. The maximum atomic E-state index is 12.3. The fourth-order valence-electron chi connectivity index (χ4n) is 5.89. The van der Waals surface area contributed by atoms with Gasteiger partial charge in [-0.05, 0) is 51.0 Å². The van der Waals surface area contributed by atoms with Gasteiger partial charge in [-0.3, -0.25) is 9.59 Å². The highest BCUT2D eigenvalue weighted by Gasteiger charge is 2.70. The van der Waals surface area contributed by atoms with Gasteiger partial charge in [0.15, 0.2) is 5.78 Å². The summed E-state index contributed by atoms with van der Waals surface area (Å²) >= 11 is 0. The quantitative estimate of drug-likeness (QED) is 0.365. The van der Waals surface area contributed by atoms with Crippen molar-refractivity contribution in [3.05, 3.63) is 36.0 Å². The average molecular weight is 400 g/mol. The van der Waals surface area contributed by atoms with Crippen molar-refractivity contribution >= 4 is 11.7 Å². The number of rotatable bonds is 9. The van der Waals surface area contributed by atoms with Gasteiger partial charge in [-0.2, -0.15) is 0 Å². The number of hydrogen-bond donors (Lipinski definition) is 1.